The minimum atomic E-state index is -0.391. The van der Waals surface area contributed by atoms with Crippen molar-refractivity contribution in [3.8, 4) is 0 Å². The first-order chi connectivity index (χ1) is 11.0. The van der Waals surface area contributed by atoms with Gasteiger partial charge in [0.05, 0.1) is 20.1 Å². The van der Waals surface area contributed by atoms with Crippen LogP contribution >= 0.6 is 46.4 Å². The van der Waals surface area contributed by atoms with Gasteiger partial charge in [0.25, 0.3) is 0 Å². The van der Waals surface area contributed by atoms with Crippen molar-refractivity contribution >= 4 is 78.7 Å². The van der Waals surface area contributed by atoms with Gasteiger partial charge in [-0.3, -0.25) is 0 Å². The molecule has 0 bridgehead atoms. The highest BCUT2D eigenvalue weighted by atomic mass is 35.5. The minimum Gasteiger partial charge on any atom is -0.207 e. The van der Waals surface area contributed by atoms with E-state index < -0.39 is 5.82 Å². The van der Waals surface area contributed by atoms with Crippen molar-refractivity contribution in [2.45, 2.75) is 0 Å². The average Bonchev–Trinajstić information content (AvgIpc) is 2.56. The molecule has 0 saturated carbocycles. The Morgan fingerprint density at radius 1 is 0.565 bits per heavy atom. The van der Waals surface area contributed by atoms with Crippen LogP contribution in [0.1, 0.15) is 0 Å². The maximum Gasteiger partial charge on any atom is 0.123 e. The molecule has 0 aliphatic carbocycles. The van der Waals surface area contributed by atoms with E-state index in [4.69, 9.17) is 46.4 Å². The molecule has 0 fully saturated rings. The second-order valence-electron chi connectivity index (χ2n) is 5.24. The van der Waals surface area contributed by atoms with Gasteiger partial charge in [0.2, 0.25) is 0 Å². The maximum atomic E-state index is 13.6. The Balaban J connectivity index is 2.40. The quantitative estimate of drug-likeness (QED) is 0.270. The Morgan fingerprint density at radius 2 is 1.00 bits per heavy atom. The number of hydrogen-bond acceptors (Lipinski definition) is 0. The van der Waals surface area contributed by atoms with Crippen LogP contribution in [0.3, 0.4) is 0 Å². The van der Waals surface area contributed by atoms with Crippen LogP contribution < -0.4 is 0 Å². The van der Waals surface area contributed by atoms with Crippen molar-refractivity contribution in [2.24, 2.45) is 0 Å². The van der Waals surface area contributed by atoms with Gasteiger partial charge in [-0.15, -0.1) is 0 Å². The van der Waals surface area contributed by atoms with E-state index in [9.17, 15) is 4.39 Å². The van der Waals surface area contributed by atoms with Gasteiger partial charge in [0.15, 0.2) is 0 Å². The van der Waals surface area contributed by atoms with Gasteiger partial charge in [-0.05, 0) is 18.2 Å². The highest BCUT2D eigenvalue weighted by Crippen LogP contribution is 2.48. The Labute approximate surface area is 151 Å². The summed E-state index contributed by atoms with van der Waals surface area (Å²) in [6.07, 6.45) is 0. The van der Waals surface area contributed by atoms with Crippen molar-refractivity contribution in [3.05, 3.63) is 68.4 Å². The van der Waals surface area contributed by atoms with Gasteiger partial charge in [-0.2, -0.15) is 0 Å². The SMILES string of the molecule is Fc1ccc2c(Cl)c3c(Cl)c4ccccc4c(Cl)c3c(Cl)c2c1. The molecule has 4 aromatic carbocycles. The van der Waals surface area contributed by atoms with Gasteiger partial charge >= 0.3 is 0 Å². The summed E-state index contributed by atoms with van der Waals surface area (Å²) in [5, 5.41) is 5.55. The van der Waals surface area contributed by atoms with Crippen LogP contribution in [0.2, 0.25) is 20.1 Å². The van der Waals surface area contributed by atoms with Crippen molar-refractivity contribution in [1.82, 2.24) is 0 Å². The lowest BCUT2D eigenvalue weighted by molar-refractivity contribution is 0.630. The molecular weight excluding hydrogens is 377 g/mol. The second-order valence-corrected chi connectivity index (χ2v) is 6.75. The molecule has 0 unspecified atom stereocenters. The number of rotatable bonds is 0. The molecule has 4 rings (SSSR count). The van der Waals surface area contributed by atoms with Gasteiger partial charge in [0.1, 0.15) is 5.82 Å². The van der Waals surface area contributed by atoms with E-state index in [2.05, 4.69) is 0 Å². The summed E-state index contributed by atoms with van der Waals surface area (Å²) in [4.78, 5) is 0. The van der Waals surface area contributed by atoms with E-state index in [1.54, 1.807) is 6.07 Å². The third kappa shape index (κ3) is 2.11. The molecule has 4 aromatic rings. The Kier molecular flexibility index (Phi) is 3.58. The normalized spacial score (nSPS) is 11.7. The third-order valence-corrected chi connectivity index (χ3v) is 5.55. The smallest absolute Gasteiger partial charge is 0.123 e. The van der Waals surface area contributed by atoms with Gasteiger partial charge in [0, 0.05) is 32.3 Å². The Morgan fingerprint density at radius 3 is 1.52 bits per heavy atom. The van der Waals surface area contributed by atoms with E-state index in [0.29, 0.717) is 41.6 Å². The summed E-state index contributed by atoms with van der Waals surface area (Å²) in [5.41, 5.74) is 0. The number of benzene rings is 4. The first kappa shape index (κ1) is 15.3. The van der Waals surface area contributed by atoms with E-state index >= 15 is 0 Å². The Bertz CT molecular complexity index is 1120. The van der Waals surface area contributed by atoms with Crippen LogP contribution in [0, 0.1) is 5.82 Å². The topological polar surface area (TPSA) is 0 Å². The molecule has 0 saturated heterocycles. The van der Waals surface area contributed by atoms with Crippen LogP contribution in [0.25, 0.3) is 32.3 Å². The van der Waals surface area contributed by atoms with Crippen LogP contribution in [0.5, 0.6) is 0 Å². The van der Waals surface area contributed by atoms with Gasteiger partial charge in [-0.25, -0.2) is 4.39 Å². The molecule has 0 nitrogen and oxygen atoms in total. The zero-order valence-electron chi connectivity index (χ0n) is 11.4. The lowest BCUT2D eigenvalue weighted by Crippen LogP contribution is -1.88. The lowest BCUT2D eigenvalue weighted by atomic mass is 9.99. The molecule has 0 aliphatic rings. The highest BCUT2D eigenvalue weighted by molar-refractivity contribution is 6.56. The molecule has 0 aliphatic heterocycles. The van der Waals surface area contributed by atoms with E-state index in [1.807, 2.05) is 24.3 Å². The summed E-state index contributed by atoms with van der Waals surface area (Å²) in [7, 11) is 0. The van der Waals surface area contributed by atoms with Crippen LogP contribution in [0.4, 0.5) is 4.39 Å². The van der Waals surface area contributed by atoms with Crippen molar-refractivity contribution in [2.75, 3.05) is 0 Å². The van der Waals surface area contributed by atoms with Crippen LogP contribution in [-0.4, -0.2) is 0 Å². The largest absolute Gasteiger partial charge is 0.207 e. The zero-order chi connectivity index (χ0) is 16.3. The van der Waals surface area contributed by atoms with Crippen molar-refractivity contribution in [3.63, 3.8) is 0 Å². The average molecular weight is 384 g/mol. The maximum absolute atomic E-state index is 13.6. The molecule has 0 radical (unpaired) electrons. The van der Waals surface area contributed by atoms with Crippen molar-refractivity contribution < 1.29 is 4.39 Å². The fourth-order valence-corrected chi connectivity index (χ4v) is 4.43. The molecule has 5 heteroatoms. The summed E-state index contributed by atoms with van der Waals surface area (Å²) in [6.45, 7) is 0. The van der Waals surface area contributed by atoms with Crippen LogP contribution in [0.15, 0.2) is 42.5 Å². The predicted molar refractivity (Wildman–Crippen MR) is 99.0 cm³/mol. The second kappa shape index (κ2) is 5.39. The summed E-state index contributed by atoms with van der Waals surface area (Å²) in [6, 6.07) is 11.8. The molecule has 0 spiro atoms. The standard InChI is InChI=1S/C18H7Cl4F/c19-15-9-3-1-2-4-10(9)16(20)14-13(15)17(21)11-6-5-8(23)7-12(11)18(14)22/h1-7H. The summed E-state index contributed by atoms with van der Waals surface area (Å²) >= 11 is 26.2. The first-order valence-electron chi connectivity index (χ1n) is 6.76. The third-order valence-electron chi connectivity index (χ3n) is 3.98. The Hall–Kier alpha value is -1.25. The van der Waals surface area contributed by atoms with Gasteiger partial charge in [-0.1, -0.05) is 70.7 Å². The first-order valence-corrected chi connectivity index (χ1v) is 8.27. The molecule has 0 heterocycles. The fraction of sp³-hybridized carbons (Fsp3) is 0. The molecule has 0 atom stereocenters. The van der Waals surface area contributed by atoms with E-state index in [1.165, 1.54) is 12.1 Å². The lowest BCUT2D eigenvalue weighted by Gasteiger charge is -2.15. The van der Waals surface area contributed by atoms with Crippen LogP contribution in [-0.2, 0) is 0 Å². The summed E-state index contributed by atoms with van der Waals surface area (Å²) in [5.74, 6) is -0.391. The van der Waals surface area contributed by atoms with E-state index in [0.717, 1.165) is 10.8 Å². The number of hydrogen-bond donors (Lipinski definition) is 0. The number of halogens is 5. The molecule has 0 amide bonds. The highest BCUT2D eigenvalue weighted by Gasteiger charge is 2.20. The monoisotopic (exact) mass is 382 g/mol. The van der Waals surface area contributed by atoms with E-state index in [-0.39, 0.29) is 0 Å². The predicted octanol–water partition coefficient (Wildman–Crippen LogP) is 7.90. The summed E-state index contributed by atoms with van der Waals surface area (Å²) < 4.78 is 13.6. The zero-order valence-corrected chi connectivity index (χ0v) is 14.5. The molecule has 0 N–H and O–H groups in total. The van der Waals surface area contributed by atoms with Gasteiger partial charge < -0.3 is 0 Å². The van der Waals surface area contributed by atoms with Crippen molar-refractivity contribution in [1.29, 1.82) is 0 Å². The molecule has 0 aromatic heterocycles. The number of fused-ring (bicyclic) bond motifs is 3. The molecular formula is C18H7Cl4F. The molecule has 23 heavy (non-hydrogen) atoms. The minimum absolute atomic E-state index is 0.344. The molecule has 114 valence electrons. The fourth-order valence-electron chi connectivity index (χ4n) is 2.93.